The van der Waals surface area contributed by atoms with E-state index in [1.54, 1.807) is 11.3 Å². The fourth-order valence-electron chi connectivity index (χ4n) is 4.15. The molecule has 3 heterocycles. The van der Waals surface area contributed by atoms with Crippen LogP contribution >= 0.6 is 11.3 Å². The molecule has 1 aromatic carbocycles. The lowest BCUT2D eigenvalue weighted by Gasteiger charge is -2.12. The Morgan fingerprint density at radius 2 is 2.10 bits per heavy atom. The first kappa shape index (κ1) is 19.7. The fourth-order valence-corrected chi connectivity index (χ4v) is 5.07. The van der Waals surface area contributed by atoms with E-state index in [1.165, 1.54) is 48.3 Å². The number of anilines is 3. The van der Waals surface area contributed by atoms with Gasteiger partial charge in [-0.1, -0.05) is 31.0 Å². The van der Waals surface area contributed by atoms with Crippen LogP contribution in [0.2, 0.25) is 0 Å². The minimum absolute atomic E-state index is 0.120. The highest BCUT2D eigenvalue weighted by atomic mass is 32.1. The van der Waals surface area contributed by atoms with E-state index in [2.05, 4.69) is 55.6 Å². The number of fused-ring (bicyclic) bond motifs is 1. The number of hydrogen-bond acceptors (Lipinski definition) is 7. The summed E-state index contributed by atoms with van der Waals surface area (Å²) in [7, 11) is 0. The van der Waals surface area contributed by atoms with E-state index >= 15 is 0 Å². The van der Waals surface area contributed by atoms with Gasteiger partial charge in [0.2, 0.25) is 0 Å². The van der Waals surface area contributed by atoms with Gasteiger partial charge in [0.1, 0.15) is 0 Å². The summed E-state index contributed by atoms with van der Waals surface area (Å²) in [6, 6.07) is 10.7. The lowest BCUT2D eigenvalue weighted by atomic mass is 10.1. The zero-order valence-corrected chi connectivity index (χ0v) is 18.2. The molecule has 1 aliphatic rings. The summed E-state index contributed by atoms with van der Waals surface area (Å²) in [5.74, 6) is 0.456. The Morgan fingerprint density at radius 3 is 2.94 bits per heavy atom. The normalized spacial score (nSPS) is 14.2. The third-order valence-corrected chi connectivity index (χ3v) is 6.74. The molecule has 1 aliphatic carbocycles. The predicted octanol–water partition coefficient (Wildman–Crippen LogP) is 5.56. The number of nitrogens with zero attached hydrogens (tertiary/aromatic N) is 4. The van der Waals surface area contributed by atoms with Crippen LogP contribution in [0.3, 0.4) is 0 Å². The van der Waals surface area contributed by atoms with Crippen molar-refractivity contribution in [2.45, 2.75) is 45.2 Å². The summed E-state index contributed by atoms with van der Waals surface area (Å²) in [5.41, 5.74) is 3.06. The van der Waals surface area contributed by atoms with Crippen molar-refractivity contribution in [3.05, 3.63) is 59.4 Å². The van der Waals surface area contributed by atoms with E-state index in [4.69, 9.17) is 0 Å². The van der Waals surface area contributed by atoms with Crippen molar-refractivity contribution in [1.82, 2.24) is 20.0 Å². The standard InChI is InChI=1S/C23H24N6OS/c1-15(30)22-20(24-12-17-6-4-5-16-9-10-31-23(16)17)11-21(27-28-22)26-18-13-25-29(14-18)19-7-2-3-8-19/h4-6,9-11,13-14,19H,2-3,7-8,12H2,1H3,(H2,24,26,27). The van der Waals surface area contributed by atoms with Crippen LogP contribution in [0.25, 0.3) is 10.1 Å². The van der Waals surface area contributed by atoms with Gasteiger partial charge in [0, 0.05) is 30.4 Å². The van der Waals surface area contributed by atoms with Crippen molar-refractivity contribution < 1.29 is 4.79 Å². The molecule has 0 amide bonds. The topological polar surface area (TPSA) is 84.7 Å². The highest BCUT2D eigenvalue weighted by Crippen LogP contribution is 2.30. The highest BCUT2D eigenvalue weighted by Gasteiger charge is 2.18. The second-order valence-corrected chi connectivity index (χ2v) is 8.85. The third kappa shape index (κ3) is 4.16. The van der Waals surface area contributed by atoms with Gasteiger partial charge in [0.25, 0.3) is 0 Å². The second-order valence-electron chi connectivity index (χ2n) is 7.93. The number of ketones is 1. The van der Waals surface area contributed by atoms with E-state index in [9.17, 15) is 4.79 Å². The van der Waals surface area contributed by atoms with Crippen LogP contribution in [-0.2, 0) is 6.54 Å². The van der Waals surface area contributed by atoms with Crippen molar-refractivity contribution in [1.29, 1.82) is 0 Å². The summed E-state index contributed by atoms with van der Waals surface area (Å²) in [6.45, 7) is 2.11. The van der Waals surface area contributed by atoms with E-state index in [1.807, 2.05) is 23.1 Å². The van der Waals surface area contributed by atoms with Crippen LogP contribution in [0.1, 0.15) is 54.7 Å². The van der Waals surface area contributed by atoms with Gasteiger partial charge >= 0.3 is 0 Å². The van der Waals surface area contributed by atoms with Crippen molar-refractivity contribution in [2.24, 2.45) is 0 Å². The first-order valence-corrected chi connectivity index (χ1v) is 11.4. The molecule has 0 unspecified atom stereocenters. The van der Waals surface area contributed by atoms with Crippen LogP contribution in [-0.4, -0.2) is 25.8 Å². The second kappa shape index (κ2) is 8.47. The van der Waals surface area contributed by atoms with Gasteiger partial charge in [-0.3, -0.25) is 9.48 Å². The fraction of sp³-hybridized carbons (Fsp3) is 0.304. The van der Waals surface area contributed by atoms with E-state index < -0.39 is 0 Å². The summed E-state index contributed by atoms with van der Waals surface area (Å²) in [5, 5.41) is 22.9. The maximum absolute atomic E-state index is 12.1. The lowest BCUT2D eigenvalue weighted by molar-refractivity contribution is 0.101. The van der Waals surface area contributed by atoms with E-state index in [0.29, 0.717) is 29.8 Å². The Morgan fingerprint density at radius 1 is 1.23 bits per heavy atom. The number of nitrogens with one attached hydrogen (secondary N) is 2. The quantitative estimate of drug-likeness (QED) is 0.372. The van der Waals surface area contributed by atoms with Crippen LogP contribution in [0.5, 0.6) is 0 Å². The number of benzene rings is 1. The smallest absolute Gasteiger partial charge is 0.182 e. The number of Topliss-reactive ketones (excluding diaryl/α,β-unsaturated/α-hetero) is 1. The van der Waals surface area contributed by atoms with Gasteiger partial charge in [-0.15, -0.1) is 21.5 Å². The molecule has 0 saturated heterocycles. The molecule has 3 aromatic heterocycles. The maximum Gasteiger partial charge on any atom is 0.182 e. The van der Waals surface area contributed by atoms with Gasteiger partial charge in [0.15, 0.2) is 17.3 Å². The molecule has 7 nitrogen and oxygen atoms in total. The number of rotatable bonds is 7. The molecule has 158 valence electrons. The van der Waals surface area contributed by atoms with Gasteiger partial charge < -0.3 is 10.6 Å². The molecule has 0 spiro atoms. The molecule has 0 atom stereocenters. The van der Waals surface area contributed by atoms with Gasteiger partial charge in [0.05, 0.1) is 23.6 Å². The summed E-state index contributed by atoms with van der Waals surface area (Å²) >= 11 is 1.72. The first-order valence-electron chi connectivity index (χ1n) is 10.6. The van der Waals surface area contributed by atoms with Crippen LogP contribution in [0.15, 0.2) is 48.1 Å². The van der Waals surface area contributed by atoms with Crippen molar-refractivity contribution in [3.63, 3.8) is 0 Å². The molecule has 5 rings (SSSR count). The Labute approximate surface area is 184 Å². The zero-order valence-electron chi connectivity index (χ0n) is 17.3. The Balaban J connectivity index is 1.36. The van der Waals surface area contributed by atoms with Gasteiger partial charge in [-0.2, -0.15) is 5.10 Å². The number of aromatic nitrogens is 4. The SMILES string of the molecule is CC(=O)c1nnc(Nc2cnn(C3CCCC3)c2)cc1NCc1cccc2ccsc12. The van der Waals surface area contributed by atoms with Crippen LogP contribution in [0.4, 0.5) is 17.2 Å². The molecular weight excluding hydrogens is 408 g/mol. The monoisotopic (exact) mass is 432 g/mol. The average molecular weight is 433 g/mol. The number of carbonyl (C=O) groups excluding carboxylic acids is 1. The van der Waals surface area contributed by atoms with Crippen LogP contribution in [0, 0.1) is 0 Å². The summed E-state index contributed by atoms with van der Waals surface area (Å²) in [4.78, 5) is 12.1. The predicted molar refractivity (Wildman–Crippen MR) is 124 cm³/mol. The molecule has 1 fully saturated rings. The third-order valence-electron chi connectivity index (χ3n) is 5.73. The largest absolute Gasteiger partial charge is 0.379 e. The molecule has 2 N–H and O–H groups in total. The minimum Gasteiger partial charge on any atom is -0.379 e. The molecule has 31 heavy (non-hydrogen) atoms. The number of carbonyl (C=O) groups is 1. The zero-order chi connectivity index (χ0) is 21.2. The average Bonchev–Trinajstić information content (AvgIpc) is 3.53. The maximum atomic E-state index is 12.1. The van der Waals surface area contributed by atoms with Gasteiger partial charge in [-0.05, 0) is 35.2 Å². The lowest BCUT2D eigenvalue weighted by Crippen LogP contribution is -2.10. The Bertz CT molecular complexity index is 1220. The Kier molecular flexibility index (Phi) is 5.38. The molecule has 0 aliphatic heterocycles. The van der Waals surface area contributed by atoms with Crippen molar-refractivity contribution in [2.75, 3.05) is 10.6 Å². The highest BCUT2D eigenvalue weighted by molar-refractivity contribution is 7.17. The van der Waals surface area contributed by atoms with E-state index in [0.717, 1.165) is 5.69 Å². The van der Waals surface area contributed by atoms with Gasteiger partial charge in [-0.25, -0.2) is 0 Å². The number of thiophene rings is 1. The minimum atomic E-state index is -0.120. The van der Waals surface area contributed by atoms with Crippen LogP contribution < -0.4 is 10.6 Å². The van der Waals surface area contributed by atoms with Crippen molar-refractivity contribution in [3.8, 4) is 0 Å². The first-order chi connectivity index (χ1) is 15.2. The summed E-state index contributed by atoms with van der Waals surface area (Å²) in [6.07, 6.45) is 8.71. The Hall–Kier alpha value is -3.26. The summed E-state index contributed by atoms with van der Waals surface area (Å²) < 4.78 is 3.28. The molecule has 0 bridgehead atoms. The number of hydrogen-bond donors (Lipinski definition) is 2. The van der Waals surface area contributed by atoms with E-state index in [-0.39, 0.29) is 5.78 Å². The molecule has 4 aromatic rings. The molecule has 1 saturated carbocycles. The molecular formula is C23H24N6OS. The van der Waals surface area contributed by atoms with Crippen molar-refractivity contribution >= 4 is 44.4 Å². The molecule has 8 heteroatoms. The molecule has 0 radical (unpaired) electrons.